The molecule has 0 aliphatic carbocycles. The molecule has 1 aliphatic heterocycles. The molecule has 0 fully saturated rings. The maximum Gasteiger partial charge on any atom is 0.407 e. The van der Waals surface area contributed by atoms with Gasteiger partial charge in [0.15, 0.2) is 0 Å². The van der Waals surface area contributed by atoms with Crippen molar-refractivity contribution in [3.8, 4) is 17.4 Å². The summed E-state index contributed by atoms with van der Waals surface area (Å²) in [6, 6.07) is 19.5. The van der Waals surface area contributed by atoms with Crippen LogP contribution < -0.4 is 20.1 Å². The first-order valence-electron chi connectivity index (χ1n) is 12.9. The predicted octanol–water partition coefficient (Wildman–Crippen LogP) is 6.43. The fourth-order valence-electron chi connectivity index (χ4n) is 4.14. The van der Waals surface area contributed by atoms with Gasteiger partial charge in [0.2, 0.25) is 11.8 Å². The van der Waals surface area contributed by atoms with Gasteiger partial charge in [-0.3, -0.25) is 4.79 Å². The number of alkyl carbamates (subject to hydrolysis) is 1. The van der Waals surface area contributed by atoms with E-state index in [9.17, 15) is 9.59 Å². The van der Waals surface area contributed by atoms with Gasteiger partial charge >= 0.3 is 6.09 Å². The van der Waals surface area contributed by atoms with Crippen LogP contribution in [0.15, 0.2) is 66.9 Å². The Balaban J connectivity index is 1.25. The lowest BCUT2D eigenvalue weighted by molar-refractivity contribution is -0.117. The number of carbonyl (C=O) groups excluding carboxylic acids is 2. The van der Waals surface area contributed by atoms with E-state index in [0.717, 1.165) is 24.2 Å². The molecular weight excluding hydrogens is 482 g/mol. The largest absolute Gasteiger partial charge is 0.485 e. The molecule has 2 N–H and O–H groups in total. The number of carbonyl (C=O) groups is 2. The summed E-state index contributed by atoms with van der Waals surface area (Å²) >= 11 is 0. The summed E-state index contributed by atoms with van der Waals surface area (Å²) in [5.74, 6) is 1.76. The molecule has 2 aromatic carbocycles. The van der Waals surface area contributed by atoms with Crippen LogP contribution in [0.5, 0.6) is 17.4 Å². The number of nitrogens with one attached hydrogen (secondary N) is 2. The third kappa shape index (κ3) is 7.96. The Morgan fingerprint density at radius 1 is 1.11 bits per heavy atom. The van der Waals surface area contributed by atoms with Crippen LogP contribution in [0, 0.1) is 5.92 Å². The van der Waals surface area contributed by atoms with E-state index in [1.807, 2.05) is 43.3 Å². The van der Waals surface area contributed by atoms with Crippen molar-refractivity contribution < 1.29 is 23.8 Å². The monoisotopic (exact) mass is 517 g/mol. The van der Waals surface area contributed by atoms with Gasteiger partial charge in [-0.2, -0.15) is 0 Å². The third-order valence-electron chi connectivity index (χ3n) is 5.92. The summed E-state index contributed by atoms with van der Waals surface area (Å²) in [7, 11) is 0. The molecular formula is C30H35N3O5. The van der Waals surface area contributed by atoms with E-state index in [-0.39, 0.29) is 24.3 Å². The molecule has 8 nitrogen and oxygen atoms in total. The Bertz CT molecular complexity index is 1240. The highest BCUT2D eigenvalue weighted by Gasteiger charge is 2.22. The Morgan fingerprint density at radius 3 is 2.61 bits per heavy atom. The molecule has 1 aliphatic rings. The van der Waals surface area contributed by atoms with Gasteiger partial charge in [0.1, 0.15) is 23.2 Å². The van der Waals surface area contributed by atoms with Crippen LogP contribution >= 0.6 is 0 Å². The molecule has 4 rings (SSSR count). The van der Waals surface area contributed by atoms with Gasteiger partial charge in [-0.25, -0.2) is 9.78 Å². The van der Waals surface area contributed by atoms with Gasteiger partial charge in [-0.1, -0.05) is 37.3 Å². The number of aromatic nitrogens is 1. The number of rotatable bonds is 8. The van der Waals surface area contributed by atoms with Crippen LogP contribution in [0.25, 0.3) is 0 Å². The van der Waals surface area contributed by atoms with Gasteiger partial charge in [0, 0.05) is 19.0 Å². The van der Waals surface area contributed by atoms with Crippen LogP contribution in [0.2, 0.25) is 0 Å². The highest BCUT2D eigenvalue weighted by atomic mass is 16.6. The van der Waals surface area contributed by atoms with E-state index in [4.69, 9.17) is 14.2 Å². The highest BCUT2D eigenvalue weighted by molar-refractivity contribution is 5.90. The van der Waals surface area contributed by atoms with Gasteiger partial charge < -0.3 is 24.8 Å². The van der Waals surface area contributed by atoms with Gasteiger partial charge in [0.05, 0.1) is 11.9 Å². The van der Waals surface area contributed by atoms with Crippen molar-refractivity contribution in [1.82, 2.24) is 10.3 Å². The van der Waals surface area contributed by atoms with E-state index < -0.39 is 11.7 Å². The minimum Gasteiger partial charge on any atom is -0.485 e. The van der Waals surface area contributed by atoms with E-state index in [1.165, 1.54) is 5.56 Å². The summed E-state index contributed by atoms with van der Waals surface area (Å²) < 4.78 is 17.4. The first-order valence-corrected chi connectivity index (χ1v) is 12.9. The molecule has 0 saturated carbocycles. The van der Waals surface area contributed by atoms with E-state index >= 15 is 0 Å². The molecule has 2 amide bonds. The number of hydrogen-bond acceptors (Lipinski definition) is 6. The maximum absolute atomic E-state index is 12.4. The summed E-state index contributed by atoms with van der Waals surface area (Å²) in [6.07, 6.45) is 3.18. The number of pyridine rings is 1. The fourth-order valence-corrected chi connectivity index (χ4v) is 4.14. The van der Waals surface area contributed by atoms with Crippen molar-refractivity contribution in [1.29, 1.82) is 0 Å². The van der Waals surface area contributed by atoms with E-state index in [0.29, 0.717) is 23.9 Å². The average molecular weight is 518 g/mol. The number of benzene rings is 2. The summed E-state index contributed by atoms with van der Waals surface area (Å²) in [6.45, 7) is 7.63. The number of anilines is 1. The lowest BCUT2D eigenvalue weighted by atomic mass is 9.97. The molecule has 0 spiro atoms. The molecule has 2 heterocycles. The minimum absolute atomic E-state index is 0.0594. The Morgan fingerprint density at radius 2 is 1.89 bits per heavy atom. The smallest absolute Gasteiger partial charge is 0.407 e. The van der Waals surface area contributed by atoms with E-state index in [2.05, 4.69) is 27.8 Å². The molecule has 38 heavy (non-hydrogen) atoms. The lowest BCUT2D eigenvalue weighted by Gasteiger charge is -2.26. The molecule has 200 valence electrons. The number of nitrogens with zero attached hydrogens (tertiary/aromatic N) is 1. The number of hydrogen-bond donors (Lipinski definition) is 2. The van der Waals surface area contributed by atoms with Gasteiger partial charge in [-0.05, 0) is 74.9 Å². The van der Waals surface area contributed by atoms with Crippen molar-refractivity contribution in [2.24, 2.45) is 5.92 Å². The number of amides is 2. The first-order chi connectivity index (χ1) is 18.1. The van der Waals surface area contributed by atoms with Gasteiger partial charge in [-0.15, -0.1) is 0 Å². The van der Waals surface area contributed by atoms with Crippen molar-refractivity contribution in [3.63, 3.8) is 0 Å². The van der Waals surface area contributed by atoms with Crippen LogP contribution in [0.1, 0.15) is 57.8 Å². The second kappa shape index (κ2) is 12.0. The fraction of sp³-hybridized carbons (Fsp3) is 0.367. The molecule has 0 bridgehead atoms. The zero-order valence-corrected chi connectivity index (χ0v) is 22.3. The molecule has 2 atom stereocenters. The maximum atomic E-state index is 12.4. The molecule has 1 aromatic heterocycles. The van der Waals surface area contributed by atoms with Crippen LogP contribution in [-0.2, 0) is 16.0 Å². The SMILES string of the molecule is C[C@H](CNC(=O)OC(C)(C)C)CC(=O)Nc1ccc(Oc2ccc3c(c2)CCC(c2ccccc2)O3)nc1. The quantitative estimate of drug-likeness (QED) is 0.357. The van der Waals surface area contributed by atoms with Crippen LogP contribution in [0.3, 0.4) is 0 Å². The molecule has 3 aromatic rings. The van der Waals surface area contributed by atoms with Crippen molar-refractivity contribution >= 4 is 17.7 Å². The third-order valence-corrected chi connectivity index (χ3v) is 5.92. The van der Waals surface area contributed by atoms with E-state index in [1.54, 1.807) is 39.1 Å². The first kappa shape index (κ1) is 27.0. The second-order valence-electron chi connectivity index (χ2n) is 10.6. The van der Waals surface area contributed by atoms with Crippen LogP contribution in [0.4, 0.5) is 10.5 Å². The number of fused-ring (bicyclic) bond motifs is 1. The topological polar surface area (TPSA) is 98.8 Å². The summed E-state index contributed by atoms with van der Waals surface area (Å²) in [5, 5.41) is 5.52. The Kier molecular flexibility index (Phi) is 8.51. The minimum atomic E-state index is -0.561. The Labute approximate surface area is 223 Å². The normalized spacial score (nSPS) is 15.4. The summed E-state index contributed by atoms with van der Waals surface area (Å²) in [4.78, 5) is 28.5. The molecule has 0 radical (unpaired) electrons. The van der Waals surface area contributed by atoms with Crippen molar-refractivity contribution in [2.75, 3.05) is 11.9 Å². The molecule has 1 unspecified atom stereocenters. The average Bonchev–Trinajstić information content (AvgIpc) is 2.88. The Hall–Kier alpha value is -4.07. The predicted molar refractivity (Wildman–Crippen MR) is 146 cm³/mol. The molecule has 8 heteroatoms. The number of ether oxygens (including phenoxy) is 3. The molecule has 0 saturated heterocycles. The second-order valence-corrected chi connectivity index (χ2v) is 10.6. The summed E-state index contributed by atoms with van der Waals surface area (Å²) in [5.41, 5.74) is 2.30. The number of aryl methyl sites for hydroxylation is 1. The highest BCUT2D eigenvalue weighted by Crippen LogP contribution is 2.37. The standard InChI is InChI=1S/C30H35N3O5/c1-20(18-32-29(35)38-30(2,3)4)16-27(34)33-23-11-15-28(31-19-23)36-24-12-14-26-22(17-24)10-13-25(37-26)21-8-6-5-7-9-21/h5-9,11-12,14-15,17,19-20,25H,10,13,16,18H2,1-4H3,(H,32,35)(H,33,34)/t20-,25?/m0/s1. The lowest BCUT2D eigenvalue weighted by Crippen LogP contribution is -2.35. The van der Waals surface area contributed by atoms with Crippen molar-refractivity contribution in [2.45, 2.75) is 58.7 Å². The zero-order valence-electron chi connectivity index (χ0n) is 22.3. The van der Waals surface area contributed by atoms with Gasteiger partial charge in [0.25, 0.3) is 0 Å². The van der Waals surface area contributed by atoms with Crippen molar-refractivity contribution in [3.05, 3.63) is 78.0 Å². The van der Waals surface area contributed by atoms with Crippen LogP contribution in [-0.4, -0.2) is 29.1 Å². The zero-order chi connectivity index (χ0) is 27.1.